The normalized spacial score (nSPS) is 17.0. The lowest BCUT2D eigenvalue weighted by atomic mass is 9.86. The van der Waals surface area contributed by atoms with Crippen molar-refractivity contribution in [2.24, 2.45) is 5.92 Å². The van der Waals surface area contributed by atoms with Gasteiger partial charge in [0.15, 0.2) is 5.75 Å². The van der Waals surface area contributed by atoms with Crippen LogP contribution < -0.4 is 24.8 Å². The third kappa shape index (κ3) is 7.89. The summed E-state index contributed by atoms with van der Waals surface area (Å²) in [7, 11) is 1.62. The van der Waals surface area contributed by atoms with Gasteiger partial charge in [-0.15, -0.1) is 0 Å². The highest BCUT2D eigenvalue weighted by Crippen LogP contribution is 2.40. The maximum absolute atomic E-state index is 13.3. The Hall–Kier alpha value is -3.11. The van der Waals surface area contributed by atoms with Gasteiger partial charge < -0.3 is 29.7 Å². The lowest BCUT2D eigenvalue weighted by Gasteiger charge is -2.34. The molecule has 3 amide bonds. The van der Waals surface area contributed by atoms with E-state index in [1.165, 1.54) is 18.4 Å². The number of hydrogen-bond acceptors (Lipinski definition) is 7. The number of amides is 3. The Morgan fingerprint density at radius 3 is 2.49 bits per heavy atom. The van der Waals surface area contributed by atoms with E-state index in [-0.39, 0.29) is 17.4 Å². The van der Waals surface area contributed by atoms with E-state index >= 15 is 0 Å². The molecule has 0 unspecified atom stereocenters. The maximum atomic E-state index is 13.3. The molecule has 1 saturated carbocycles. The van der Waals surface area contributed by atoms with Crippen LogP contribution in [0.5, 0.6) is 11.5 Å². The van der Waals surface area contributed by atoms with E-state index in [1.54, 1.807) is 19.1 Å². The van der Waals surface area contributed by atoms with Gasteiger partial charge >= 0.3 is 6.03 Å². The molecule has 3 N–H and O–H groups in total. The van der Waals surface area contributed by atoms with Crippen LogP contribution >= 0.6 is 11.9 Å². The van der Waals surface area contributed by atoms with Crippen LogP contribution in [0, 0.1) is 5.92 Å². The Morgan fingerprint density at radius 2 is 1.79 bits per heavy atom. The minimum Gasteiger partial charge on any atom is -0.492 e. The van der Waals surface area contributed by atoms with Crippen molar-refractivity contribution in [1.82, 2.24) is 9.80 Å². The van der Waals surface area contributed by atoms with Crippen LogP contribution in [0.25, 0.3) is 0 Å². The number of piperazine rings is 1. The average Bonchev–Trinajstić information content (AvgIpc) is 3.64. The van der Waals surface area contributed by atoms with Gasteiger partial charge in [0.2, 0.25) is 5.91 Å². The number of carbonyl (C=O) groups is 2. The van der Waals surface area contributed by atoms with Crippen LogP contribution in [-0.4, -0.2) is 73.9 Å². The first-order valence-corrected chi connectivity index (χ1v) is 16.6. The van der Waals surface area contributed by atoms with E-state index in [2.05, 4.69) is 54.0 Å². The van der Waals surface area contributed by atoms with E-state index < -0.39 is 0 Å². The molecule has 10 heteroatoms. The Morgan fingerprint density at radius 1 is 1.05 bits per heavy atom. The smallest absolute Gasteiger partial charge is 0.323 e. The first-order valence-electron chi connectivity index (χ1n) is 15.6. The molecule has 1 heterocycles. The predicted molar refractivity (Wildman–Crippen MR) is 176 cm³/mol. The number of hydrogen-bond donors (Lipinski definition) is 3. The summed E-state index contributed by atoms with van der Waals surface area (Å²) in [6.07, 6.45) is 5.37. The van der Waals surface area contributed by atoms with Crippen LogP contribution in [0.4, 0.5) is 21.9 Å². The SMILES string of the molecule is CCSNc1cc(C(C)(C)C)cc(NC(=O)Nc2ccc(OCCN3CCN(CC4CC4)C(=O)C3)c3c2CCC3)c1OC. The van der Waals surface area contributed by atoms with Crippen LogP contribution in [-0.2, 0) is 23.1 Å². The quantitative estimate of drug-likeness (QED) is 0.249. The van der Waals surface area contributed by atoms with Crippen molar-refractivity contribution in [3.63, 3.8) is 0 Å². The second-order valence-electron chi connectivity index (χ2n) is 12.8. The number of fused-ring (bicyclic) bond motifs is 1. The van der Waals surface area contributed by atoms with Crippen LogP contribution in [0.2, 0.25) is 0 Å². The van der Waals surface area contributed by atoms with E-state index in [0.717, 1.165) is 85.4 Å². The van der Waals surface area contributed by atoms with Crippen molar-refractivity contribution in [3.05, 3.63) is 41.0 Å². The zero-order valence-corrected chi connectivity index (χ0v) is 27.1. The molecule has 1 saturated heterocycles. The van der Waals surface area contributed by atoms with Gasteiger partial charge in [0.1, 0.15) is 12.4 Å². The predicted octanol–water partition coefficient (Wildman–Crippen LogP) is 6.14. The summed E-state index contributed by atoms with van der Waals surface area (Å²) >= 11 is 1.58. The molecule has 5 rings (SSSR count). The molecular weight excluding hydrogens is 562 g/mol. The van der Waals surface area contributed by atoms with Gasteiger partial charge in [-0.2, -0.15) is 0 Å². The molecule has 2 aromatic rings. The second kappa shape index (κ2) is 13.7. The summed E-state index contributed by atoms with van der Waals surface area (Å²) in [4.78, 5) is 30.1. The van der Waals surface area contributed by atoms with Crippen LogP contribution in [0.15, 0.2) is 24.3 Å². The average molecular weight is 610 g/mol. The lowest BCUT2D eigenvalue weighted by Crippen LogP contribution is -2.51. The van der Waals surface area contributed by atoms with Gasteiger partial charge in [0, 0.05) is 37.6 Å². The van der Waals surface area contributed by atoms with Gasteiger partial charge in [0.05, 0.1) is 25.0 Å². The number of urea groups is 1. The number of anilines is 3. The zero-order chi connectivity index (χ0) is 30.6. The summed E-state index contributed by atoms with van der Waals surface area (Å²) in [5.41, 5.74) is 5.55. The monoisotopic (exact) mass is 609 g/mol. The summed E-state index contributed by atoms with van der Waals surface area (Å²) in [6, 6.07) is 7.66. The molecule has 3 aliphatic rings. The number of rotatable bonds is 12. The largest absolute Gasteiger partial charge is 0.492 e. The molecule has 2 aromatic carbocycles. The lowest BCUT2D eigenvalue weighted by molar-refractivity contribution is -0.136. The van der Waals surface area contributed by atoms with Gasteiger partial charge in [-0.25, -0.2) is 4.79 Å². The van der Waals surface area contributed by atoms with Crippen molar-refractivity contribution in [2.45, 2.75) is 65.2 Å². The highest BCUT2D eigenvalue weighted by molar-refractivity contribution is 8.00. The molecule has 2 aliphatic carbocycles. The molecule has 0 bridgehead atoms. The topological polar surface area (TPSA) is 95.2 Å². The Labute approximate surface area is 260 Å². The van der Waals surface area contributed by atoms with E-state index in [9.17, 15) is 9.59 Å². The standard InChI is InChI=1S/C33H47N5O4S/c1-6-43-36-28-19-23(33(2,3)4)18-27(31(28)41-5)35-32(40)34-26-12-13-29(25-9-7-8-24(25)26)42-17-16-37-14-15-38(30(39)21-37)20-22-10-11-22/h12-13,18-19,22,36H,6-11,14-17,20-21H2,1-5H3,(H2,34,35,40). The summed E-state index contributed by atoms with van der Waals surface area (Å²) in [5, 5.41) is 6.13. The first kappa shape index (κ1) is 31.3. The zero-order valence-electron chi connectivity index (χ0n) is 26.3. The Bertz CT molecular complexity index is 1320. The second-order valence-corrected chi connectivity index (χ2v) is 13.9. The van der Waals surface area contributed by atoms with E-state index in [0.29, 0.717) is 24.6 Å². The molecule has 0 aromatic heterocycles. The fraction of sp³-hybridized carbons (Fsp3) is 0.576. The van der Waals surface area contributed by atoms with Crippen molar-refractivity contribution in [2.75, 3.05) is 67.5 Å². The summed E-state index contributed by atoms with van der Waals surface area (Å²) < 4.78 is 15.3. The third-order valence-corrected chi connectivity index (χ3v) is 9.11. The molecule has 1 aliphatic heterocycles. The highest BCUT2D eigenvalue weighted by Gasteiger charge is 2.30. The van der Waals surface area contributed by atoms with E-state index in [4.69, 9.17) is 9.47 Å². The van der Waals surface area contributed by atoms with Crippen molar-refractivity contribution < 1.29 is 19.1 Å². The molecular formula is C33H47N5O4S. The maximum Gasteiger partial charge on any atom is 0.323 e. The van der Waals surface area contributed by atoms with E-state index in [1.807, 2.05) is 23.1 Å². The number of methoxy groups -OCH3 is 1. The minimum absolute atomic E-state index is 0.108. The molecule has 9 nitrogen and oxygen atoms in total. The molecule has 2 fully saturated rings. The van der Waals surface area contributed by atoms with Gasteiger partial charge in [-0.1, -0.05) is 39.6 Å². The van der Waals surface area contributed by atoms with Gasteiger partial charge in [0.25, 0.3) is 0 Å². The third-order valence-electron chi connectivity index (χ3n) is 8.46. The molecule has 0 spiro atoms. The number of carbonyl (C=O) groups excluding carboxylic acids is 2. The fourth-order valence-electron chi connectivity index (χ4n) is 5.84. The minimum atomic E-state index is -0.313. The first-order chi connectivity index (χ1) is 20.7. The molecule has 234 valence electrons. The molecule has 0 atom stereocenters. The van der Waals surface area contributed by atoms with Gasteiger partial charge in [-0.05, 0) is 84.4 Å². The van der Waals surface area contributed by atoms with Gasteiger partial charge in [-0.3, -0.25) is 9.69 Å². The number of benzene rings is 2. The van der Waals surface area contributed by atoms with Crippen LogP contribution in [0.1, 0.15) is 63.6 Å². The number of ether oxygens (including phenoxy) is 2. The highest BCUT2D eigenvalue weighted by atomic mass is 32.2. The summed E-state index contributed by atoms with van der Waals surface area (Å²) in [5.74, 6) is 3.34. The molecule has 43 heavy (non-hydrogen) atoms. The molecule has 0 radical (unpaired) electrons. The van der Waals surface area contributed by atoms with Crippen molar-refractivity contribution >= 4 is 40.9 Å². The summed E-state index contributed by atoms with van der Waals surface area (Å²) in [6.45, 7) is 12.9. The Balaban J connectivity index is 1.21. The fourth-order valence-corrected chi connectivity index (χ4v) is 6.29. The number of nitrogens with zero attached hydrogens (tertiary/aromatic N) is 2. The Kier molecular flexibility index (Phi) is 9.96. The van der Waals surface area contributed by atoms with Crippen molar-refractivity contribution in [1.29, 1.82) is 0 Å². The number of nitrogens with one attached hydrogen (secondary N) is 3. The van der Waals surface area contributed by atoms with Crippen LogP contribution in [0.3, 0.4) is 0 Å². The van der Waals surface area contributed by atoms with Crippen molar-refractivity contribution in [3.8, 4) is 11.5 Å².